The van der Waals surface area contributed by atoms with Crippen LogP contribution in [0.1, 0.15) is 30.5 Å². The van der Waals surface area contributed by atoms with Gasteiger partial charge in [-0.05, 0) is 49.6 Å². The Morgan fingerprint density at radius 3 is 2.89 bits per heavy atom. The molecule has 1 saturated heterocycles. The Balaban J connectivity index is 1.71. The fourth-order valence-electron chi connectivity index (χ4n) is 2.57. The van der Waals surface area contributed by atoms with Gasteiger partial charge in [0, 0.05) is 37.1 Å². The Morgan fingerprint density at radius 1 is 1.37 bits per heavy atom. The molecule has 1 aliphatic carbocycles. The van der Waals surface area contributed by atoms with E-state index >= 15 is 0 Å². The molecule has 2 heterocycles. The lowest BCUT2D eigenvalue weighted by molar-refractivity contribution is 0.676. The summed E-state index contributed by atoms with van der Waals surface area (Å²) in [4.78, 5) is 7.08. The minimum atomic E-state index is 0.656. The Morgan fingerprint density at radius 2 is 2.21 bits per heavy atom. The number of hydrogen-bond donors (Lipinski definition) is 1. The van der Waals surface area contributed by atoms with E-state index in [2.05, 4.69) is 48.1 Å². The Hall–Kier alpha value is -0.740. The summed E-state index contributed by atoms with van der Waals surface area (Å²) in [5.41, 5.74) is 2.49. The second-order valence-electron chi connectivity index (χ2n) is 5.76. The number of pyridine rings is 1. The van der Waals surface area contributed by atoms with Gasteiger partial charge in [-0.2, -0.15) is 11.8 Å². The molecule has 1 aromatic heterocycles. The lowest BCUT2D eigenvalue weighted by Gasteiger charge is -2.25. The first-order chi connectivity index (χ1) is 9.22. The van der Waals surface area contributed by atoms with Crippen LogP contribution in [0.4, 0.5) is 5.82 Å². The van der Waals surface area contributed by atoms with Crippen LogP contribution in [-0.4, -0.2) is 35.6 Å². The number of thioether (sulfide) groups is 1. The van der Waals surface area contributed by atoms with Gasteiger partial charge in [-0.25, -0.2) is 4.98 Å². The first-order valence-electron chi connectivity index (χ1n) is 7.24. The third kappa shape index (κ3) is 3.42. The van der Waals surface area contributed by atoms with E-state index in [1.165, 1.54) is 36.3 Å². The molecule has 1 N–H and O–H groups in total. The summed E-state index contributed by atoms with van der Waals surface area (Å²) in [7, 11) is 2.19. The predicted octanol–water partition coefficient (Wildman–Crippen LogP) is 2.58. The molecule has 1 aromatic rings. The van der Waals surface area contributed by atoms with Crippen molar-refractivity contribution >= 4 is 17.6 Å². The molecule has 4 heteroatoms. The van der Waals surface area contributed by atoms with E-state index in [1.807, 2.05) is 0 Å². The molecule has 1 saturated carbocycles. The molecule has 3 rings (SSSR count). The van der Waals surface area contributed by atoms with Crippen LogP contribution >= 0.6 is 11.8 Å². The standard InChI is InChI=1S/C15H23N3S/c1-11-7-12(9-16-13-3-4-13)8-15(17-11)18(2)14-5-6-19-10-14/h7-8,13-14,16H,3-6,9-10H2,1-2H3. The molecule has 3 nitrogen and oxygen atoms in total. The highest BCUT2D eigenvalue weighted by molar-refractivity contribution is 7.99. The van der Waals surface area contributed by atoms with Gasteiger partial charge in [0.15, 0.2) is 0 Å². The van der Waals surface area contributed by atoms with E-state index in [4.69, 9.17) is 4.98 Å². The van der Waals surface area contributed by atoms with E-state index < -0.39 is 0 Å². The number of nitrogens with zero attached hydrogens (tertiary/aromatic N) is 2. The van der Waals surface area contributed by atoms with E-state index in [1.54, 1.807) is 0 Å². The molecular weight excluding hydrogens is 254 g/mol. The van der Waals surface area contributed by atoms with Crippen molar-refractivity contribution in [3.8, 4) is 0 Å². The first-order valence-corrected chi connectivity index (χ1v) is 8.39. The fraction of sp³-hybridized carbons (Fsp3) is 0.667. The van der Waals surface area contributed by atoms with Crippen molar-refractivity contribution in [2.45, 2.75) is 44.8 Å². The third-order valence-electron chi connectivity index (χ3n) is 3.99. The molecule has 2 aliphatic rings. The number of anilines is 1. The van der Waals surface area contributed by atoms with Gasteiger partial charge in [0.05, 0.1) is 0 Å². The van der Waals surface area contributed by atoms with Crippen molar-refractivity contribution < 1.29 is 0 Å². The zero-order valence-electron chi connectivity index (χ0n) is 11.9. The zero-order chi connectivity index (χ0) is 13.2. The average molecular weight is 277 g/mol. The fourth-order valence-corrected chi connectivity index (χ4v) is 3.84. The van der Waals surface area contributed by atoms with Crippen LogP contribution in [0.2, 0.25) is 0 Å². The van der Waals surface area contributed by atoms with Gasteiger partial charge in [0.2, 0.25) is 0 Å². The number of hydrogen-bond acceptors (Lipinski definition) is 4. The number of aromatic nitrogens is 1. The Labute approximate surface area is 120 Å². The molecule has 0 amide bonds. The van der Waals surface area contributed by atoms with Crippen LogP contribution in [0, 0.1) is 6.92 Å². The summed E-state index contributed by atoms with van der Waals surface area (Å²) in [6.45, 7) is 3.08. The van der Waals surface area contributed by atoms with Crippen molar-refractivity contribution in [2.24, 2.45) is 0 Å². The summed E-state index contributed by atoms with van der Waals surface area (Å²) in [5.74, 6) is 3.67. The lowest BCUT2D eigenvalue weighted by atomic mass is 10.2. The third-order valence-corrected chi connectivity index (χ3v) is 5.13. The van der Waals surface area contributed by atoms with Crippen molar-refractivity contribution in [1.29, 1.82) is 0 Å². The maximum Gasteiger partial charge on any atom is 0.129 e. The van der Waals surface area contributed by atoms with E-state index in [-0.39, 0.29) is 0 Å². The number of aryl methyl sites for hydroxylation is 1. The van der Waals surface area contributed by atoms with Gasteiger partial charge in [0.1, 0.15) is 5.82 Å². The number of rotatable bonds is 5. The normalized spacial score (nSPS) is 22.7. The minimum absolute atomic E-state index is 0.656. The molecule has 1 atom stereocenters. The summed E-state index contributed by atoms with van der Waals surface area (Å²) in [6.07, 6.45) is 3.97. The van der Waals surface area contributed by atoms with Crippen molar-refractivity contribution in [3.63, 3.8) is 0 Å². The largest absolute Gasteiger partial charge is 0.356 e. The molecule has 1 unspecified atom stereocenters. The SMILES string of the molecule is Cc1cc(CNC2CC2)cc(N(C)C2CCSC2)n1. The smallest absolute Gasteiger partial charge is 0.129 e. The summed E-state index contributed by atoms with van der Waals surface area (Å²) >= 11 is 2.05. The molecule has 19 heavy (non-hydrogen) atoms. The molecule has 104 valence electrons. The van der Waals surface area contributed by atoms with E-state index in [0.29, 0.717) is 6.04 Å². The molecule has 2 fully saturated rings. The van der Waals surface area contributed by atoms with Gasteiger partial charge < -0.3 is 10.2 Å². The first kappa shape index (κ1) is 13.3. The zero-order valence-corrected chi connectivity index (χ0v) is 12.7. The lowest BCUT2D eigenvalue weighted by Crippen LogP contribution is -2.32. The average Bonchev–Trinajstić information content (AvgIpc) is 3.07. The predicted molar refractivity (Wildman–Crippen MR) is 83.0 cm³/mol. The van der Waals surface area contributed by atoms with Crippen LogP contribution in [0.5, 0.6) is 0 Å². The second-order valence-corrected chi connectivity index (χ2v) is 6.91. The Kier molecular flexibility index (Phi) is 3.99. The minimum Gasteiger partial charge on any atom is -0.356 e. The van der Waals surface area contributed by atoms with E-state index in [9.17, 15) is 0 Å². The Bertz CT molecular complexity index is 439. The van der Waals surface area contributed by atoms with Crippen molar-refractivity contribution in [2.75, 3.05) is 23.5 Å². The monoisotopic (exact) mass is 277 g/mol. The van der Waals surface area contributed by atoms with Crippen molar-refractivity contribution in [1.82, 2.24) is 10.3 Å². The van der Waals surface area contributed by atoms with Crippen LogP contribution in [-0.2, 0) is 6.54 Å². The van der Waals surface area contributed by atoms with Gasteiger partial charge in [-0.15, -0.1) is 0 Å². The highest BCUT2D eigenvalue weighted by Gasteiger charge is 2.22. The highest BCUT2D eigenvalue weighted by atomic mass is 32.2. The van der Waals surface area contributed by atoms with Crippen LogP contribution < -0.4 is 10.2 Å². The highest BCUT2D eigenvalue weighted by Crippen LogP contribution is 2.26. The molecular formula is C15H23N3S. The van der Waals surface area contributed by atoms with Crippen molar-refractivity contribution in [3.05, 3.63) is 23.4 Å². The molecule has 1 aliphatic heterocycles. The molecule has 0 bridgehead atoms. The summed E-state index contributed by atoms with van der Waals surface area (Å²) < 4.78 is 0. The molecule has 0 radical (unpaired) electrons. The summed E-state index contributed by atoms with van der Waals surface area (Å²) in [6, 6.07) is 5.88. The van der Waals surface area contributed by atoms with Crippen LogP contribution in [0.25, 0.3) is 0 Å². The maximum absolute atomic E-state index is 4.71. The molecule has 0 spiro atoms. The summed E-state index contributed by atoms with van der Waals surface area (Å²) in [5, 5.41) is 3.59. The quantitative estimate of drug-likeness (QED) is 0.895. The van der Waals surface area contributed by atoms with Gasteiger partial charge in [0.25, 0.3) is 0 Å². The maximum atomic E-state index is 4.71. The number of nitrogens with one attached hydrogen (secondary N) is 1. The second kappa shape index (κ2) is 5.71. The molecule has 0 aromatic carbocycles. The van der Waals surface area contributed by atoms with Crippen LogP contribution in [0.15, 0.2) is 12.1 Å². The van der Waals surface area contributed by atoms with Gasteiger partial charge in [-0.1, -0.05) is 0 Å². The topological polar surface area (TPSA) is 28.2 Å². The van der Waals surface area contributed by atoms with Gasteiger partial charge in [-0.3, -0.25) is 0 Å². The van der Waals surface area contributed by atoms with Gasteiger partial charge >= 0.3 is 0 Å². The van der Waals surface area contributed by atoms with E-state index in [0.717, 1.165) is 24.1 Å². The van der Waals surface area contributed by atoms with Crippen LogP contribution in [0.3, 0.4) is 0 Å².